The topological polar surface area (TPSA) is 114 Å². The van der Waals surface area contributed by atoms with E-state index in [-0.39, 0.29) is 18.9 Å². The van der Waals surface area contributed by atoms with E-state index in [0.29, 0.717) is 0 Å². The fraction of sp³-hybridized carbons (Fsp3) is 0.552. The van der Waals surface area contributed by atoms with Gasteiger partial charge in [0.25, 0.3) is 0 Å². The second kappa shape index (κ2) is 12.5. The Labute approximate surface area is 220 Å². The molecule has 0 bridgehead atoms. The van der Waals surface area contributed by atoms with Crippen molar-refractivity contribution in [2.24, 2.45) is 11.3 Å². The van der Waals surface area contributed by atoms with Gasteiger partial charge in [-0.25, -0.2) is 4.79 Å². The van der Waals surface area contributed by atoms with Crippen molar-refractivity contribution in [2.75, 3.05) is 13.7 Å². The predicted molar refractivity (Wildman–Crippen MR) is 144 cm³/mol. The molecule has 0 fully saturated rings. The first kappa shape index (κ1) is 30.3. The Bertz CT molecular complexity index is 1080. The number of amides is 2. The van der Waals surface area contributed by atoms with Crippen molar-refractivity contribution in [3.05, 3.63) is 48.0 Å². The van der Waals surface area contributed by atoms with E-state index in [0.717, 1.165) is 16.3 Å². The summed E-state index contributed by atoms with van der Waals surface area (Å²) in [6.45, 7) is 12.1. The van der Waals surface area contributed by atoms with Gasteiger partial charge in [-0.3, -0.25) is 9.59 Å². The van der Waals surface area contributed by atoms with Crippen molar-refractivity contribution in [1.29, 1.82) is 0 Å². The van der Waals surface area contributed by atoms with Crippen LogP contribution in [0.15, 0.2) is 42.5 Å². The van der Waals surface area contributed by atoms with E-state index in [1.807, 2.05) is 63.2 Å². The third-order valence-corrected chi connectivity index (χ3v) is 5.79. The van der Waals surface area contributed by atoms with E-state index in [1.165, 1.54) is 14.0 Å². The molecule has 0 radical (unpaired) electrons. The number of rotatable bonds is 10. The number of likely N-dealkylation sites (N-methyl/N-ethyl adjacent to an activating group) is 1. The van der Waals surface area contributed by atoms with Gasteiger partial charge >= 0.3 is 5.97 Å². The zero-order chi connectivity index (χ0) is 28.0. The summed E-state index contributed by atoms with van der Waals surface area (Å²) in [5.74, 6) is -2.59. The summed E-state index contributed by atoms with van der Waals surface area (Å²) in [6, 6.07) is 12.8. The Kier molecular flexibility index (Phi) is 10.2. The van der Waals surface area contributed by atoms with Gasteiger partial charge in [0.2, 0.25) is 11.8 Å². The minimum Gasteiger partial charge on any atom is -0.458 e. The third kappa shape index (κ3) is 9.13. The Morgan fingerprint density at radius 1 is 0.946 bits per heavy atom. The molecule has 2 amide bonds. The number of aliphatic hydroxyl groups is 1. The highest BCUT2D eigenvalue weighted by Gasteiger charge is 2.41. The lowest BCUT2D eigenvalue weighted by molar-refractivity contribution is -0.176. The van der Waals surface area contributed by atoms with Crippen LogP contribution in [0.4, 0.5) is 0 Å². The lowest BCUT2D eigenvalue weighted by Gasteiger charge is -2.33. The lowest BCUT2D eigenvalue weighted by atomic mass is 9.84. The molecule has 0 heterocycles. The Morgan fingerprint density at radius 2 is 1.57 bits per heavy atom. The summed E-state index contributed by atoms with van der Waals surface area (Å²) < 4.78 is 11.4. The largest absolute Gasteiger partial charge is 0.458 e. The van der Waals surface area contributed by atoms with Crippen LogP contribution >= 0.6 is 0 Å². The summed E-state index contributed by atoms with van der Waals surface area (Å²) in [5, 5.41) is 17.4. The number of aliphatic hydroxyl groups excluding tert-OH is 1. The van der Waals surface area contributed by atoms with Gasteiger partial charge in [-0.15, -0.1) is 0 Å². The zero-order valence-corrected chi connectivity index (χ0v) is 23.3. The molecule has 0 saturated heterocycles. The molecule has 8 nitrogen and oxygen atoms in total. The second-order valence-electron chi connectivity index (χ2n) is 11.6. The average Bonchev–Trinajstić information content (AvgIpc) is 2.79. The molecule has 4 atom stereocenters. The second-order valence-corrected chi connectivity index (χ2v) is 11.6. The lowest BCUT2D eigenvalue weighted by Crippen LogP contribution is -2.56. The first-order valence-corrected chi connectivity index (χ1v) is 12.6. The monoisotopic (exact) mass is 514 g/mol. The van der Waals surface area contributed by atoms with Crippen LogP contribution in [0.2, 0.25) is 0 Å². The molecule has 37 heavy (non-hydrogen) atoms. The number of benzene rings is 2. The van der Waals surface area contributed by atoms with Crippen LogP contribution in [0.5, 0.6) is 0 Å². The molecule has 2 aromatic carbocycles. The highest BCUT2D eigenvalue weighted by molar-refractivity contribution is 5.92. The Hall–Kier alpha value is -2.97. The van der Waals surface area contributed by atoms with Gasteiger partial charge in [0.05, 0.1) is 18.6 Å². The fourth-order valence-electron chi connectivity index (χ4n) is 3.98. The van der Waals surface area contributed by atoms with E-state index in [4.69, 9.17) is 9.47 Å². The molecule has 2 rings (SSSR count). The van der Waals surface area contributed by atoms with E-state index in [1.54, 1.807) is 20.8 Å². The predicted octanol–water partition coefficient (Wildman–Crippen LogP) is 3.38. The zero-order valence-electron chi connectivity index (χ0n) is 23.3. The summed E-state index contributed by atoms with van der Waals surface area (Å²) in [7, 11) is 1.51. The van der Waals surface area contributed by atoms with E-state index >= 15 is 0 Å². The molecule has 204 valence electrons. The minimum atomic E-state index is -1.30. The Balaban J connectivity index is 2.52. The molecule has 8 heteroatoms. The average molecular weight is 515 g/mol. The van der Waals surface area contributed by atoms with Gasteiger partial charge in [-0.05, 0) is 55.9 Å². The van der Waals surface area contributed by atoms with Crippen molar-refractivity contribution >= 4 is 28.6 Å². The van der Waals surface area contributed by atoms with Crippen LogP contribution in [-0.2, 0) is 30.3 Å². The fourth-order valence-corrected chi connectivity index (χ4v) is 3.98. The third-order valence-electron chi connectivity index (χ3n) is 5.79. The standard InChI is InChI=1S/C29H42N2O6/c1-18(32)17-36-23(27(35)37-29(5,6)7)22(25(33)31-24(26(34)30-8)28(2,3)4)16-19-13-14-20-11-9-10-12-21(20)15-19/h9-15,18,22-24,32H,16-17H2,1-8H3,(H,30,34)(H,31,33)/t18?,22-,23+,24-/m1/s1. The number of fused-ring (bicyclic) bond motifs is 1. The molecule has 0 aromatic heterocycles. The maximum Gasteiger partial charge on any atom is 0.336 e. The van der Waals surface area contributed by atoms with Gasteiger partial charge < -0.3 is 25.2 Å². The van der Waals surface area contributed by atoms with Crippen LogP contribution in [-0.4, -0.2) is 60.4 Å². The molecule has 1 unspecified atom stereocenters. The molecular weight excluding hydrogens is 472 g/mol. The summed E-state index contributed by atoms with van der Waals surface area (Å²) >= 11 is 0. The SMILES string of the molecule is CNC(=O)[C@@H](NC(=O)[C@H](Cc1ccc2ccccc2c1)[C@H](OCC(C)O)C(=O)OC(C)(C)C)C(C)(C)C. The van der Waals surface area contributed by atoms with E-state index in [9.17, 15) is 19.5 Å². The molecule has 2 aromatic rings. The van der Waals surface area contributed by atoms with Crippen molar-refractivity contribution in [1.82, 2.24) is 10.6 Å². The number of carbonyl (C=O) groups excluding carboxylic acids is 3. The maximum atomic E-state index is 13.8. The first-order chi connectivity index (χ1) is 17.1. The van der Waals surface area contributed by atoms with Crippen molar-refractivity contribution in [2.45, 2.75) is 78.7 Å². The molecule has 0 spiro atoms. The quantitative estimate of drug-likeness (QED) is 0.419. The van der Waals surface area contributed by atoms with Crippen molar-refractivity contribution in [3.8, 4) is 0 Å². The molecular formula is C29H42N2O6. The molecule has 0 aliphatic heterocycles. The van der Waals surface area contributed by atoms with Gasteiger partial charge in [-0.2, -0.15) is 0 Å². The van der Waals surface area contributed by atoms with Crippen LogP contribution in [0, 0.1) is 11.3 Å². The molecule has 0 aliphatic rings. The minimum absolute atomic E-state index is 0.158. The van der Waals surface area contributed by atoms with Crippen LogP contribution in [0.3, 0.4) is 0 Å². The Morgan fingerprint density at radius 3 is 2.11 bits per heavy atom. The van der Waals surface area contributed by atoms with Gasteiger partial charge in [0, 0.05) is 7.05 Å². The number of carbonyl (C=O) groups is 3. The number of ether oxygens (including phenoxy) is 2. The molecule has 0 aliphatic carbocycles. The van der Waals surface area contributed by atoms with Crippen molar-refractivity contribution < 1.29 is 29.0 Å². The number of esters is 1. The summed E-state index contributed by atoms with van der Waals surface area (Å²) in [4.78, 5) is 39.8. The van der Waals surface area contributed by atoms with Crippen LogP contribution < -0.4 is 10.6 Å². The summed E-state index contributed by atoms with van der Waals surface area (Å²) in [5.41, 5.74) is -0.588. The number of hydrogen-bond acceptors (Lipinski definition) is 6. The smallest absolute Gasteiger partial charge is 0.336 e. The van der Waals surface area contributed by atoms with Gasteiger partial charge in [0.15, 0.2) is 6.10 Å². The van der Waals surface area contributed by atoms with Crippen LogP contribution in [0.25, 0.3) is 10.8 Å². The maximum absolute atomic E-state index is 13.8. The van der Waals surface area contributed by atoms with Gasteiger partial charge in [-0.1, -0.05) is 63.2 Å². The number of hydrogen-bond donors (Lipinski definition) is 3. The highest BCUT2D eigenvalue weighted by Crippen LogP contribution is 2.25. The number of nitrogens with one attached hydrogen (secondary N) is 2. The normalized spacial score (nSPS) is 15.4. The highest BCUT2D eigenvalue weighted by atomic mass is 16.6. The van der Waals surface area contributed by atoms with Crippen LogP contribution in [0.1, 0.15) is 54.0 Å². The summed E-state index contributed by atoms with van der Waals surface area (Å²) in [6.07, 6.45) is -2.00. The first-order valence-electron chi connectivity index (χ1n) is 12.6. The molecule has 0 saturated carbocycles. The molecule has 3 N–H and O–H groups in total. The van der Waals surface area contributed by atoms with E-state index < -0.39 is 47.1 Å². The van der Waals surface area contributed by atoms with Crippen molar-refractivity contribution in [3.63, 3.8) is 0 Å². The van der Waals surface area contributed by atoms with E-state index in [2.05, 4.69) is 10.6 Å². The van der Waals surface area contributed by atoms with Gasteiger partial charge in [0.1, 0.15) is 11.6 Å².